The lowest BCUT2D eigenvalue weighted by molar-refractivity contribution is 0.579. The highest BCUT2D eigenvalue weighted by molar-refractivity contribution is 9.10. The van der Waals surface area contributed by atoms with Crippen molar-refractivity contribution in [2.45, 2.75) is 6.92 Å². The Morgan fingerprint density at radius 2 is 1.95 bits per heavy atom. The van der Waals surface area contributed by atoms with Crippen LogP contribution in [0.2, 0.25) is 0 Å². The zero-order valence-electron chi connectivity index (χ0n) is 11.0. The summed E-state index contributed by atoms with van der Waals surface area (Å²) in [6, 6.07) is 7.65. The van der Waals surface area contributed by atoms with E-state index < -0.39 is 11.6 Å². The fraction of sp³-hybridized carbons (Fsp3) is 0.143. The van der Waals surface area contributed by atoms with Gasteiger partial charge in [-0.1, -0.05) is 15.9 Å². The fourth-order valence-electron chi connectivity index (χ4n) is 1.69. The predicted molar refractivity (Wildman–Crippen MR) is 80.5 cm³/mol. The SMILES string of the molecule is CCNc1nc(Nc2ccc(Br)cc2C#N)c(F)cc1F. The summed E-state index contributed by atoms with van der Waals surface area (Å²) in [5.41, 5.74) is 0.709. The van der Waals surface area contributed by atoms with Crippen molar-refractivity contribution in [1.82, 2.24) is 4.98 Å². The molecule has 0 radical (unpaired) electrons. The number of hydrogen-bond acceptors (Lipinski definition) is 4. The maximum Gasteiger partial charge on any atom is 0.169 e. The van der Waals surface area contributed by atoms with Crippen LogP contribution in [0.15, 0.2) is 28.7 Å². The number of rotatable bonds is 4. The van der Waals surface area contributed by atoms with Crippen molar-refractivity contribution in [3.05, 3.63) is 45.9 Å². The van der Waals surface area contributed by atoms with Crippen molar-refractivity contribution in [3.63, 3.8) is 0 Å². The quantitative estimate of drug-likeness (QED) is 0.866. The van der Waals surface area contributed by atoms with Gasteiger partial charge in [0.05, 0.1) is 11.3 Å². The van der Waals surface area contributed by atoms with Crippen LogP contribution in [0.1, 0.15) is 12.5 Å². The first-order valence-corrected chi connectivity index (χ1v) is 6.91. The standard InChI is InChI=1S/C14H11BrF2N4/c1-2-19-13-10(16)6-11(17)14(21-13)20-12-4-3-9(15)5-8(12)7-18/h3-6H,2H2,1H3,(H2,19,20,21). The second-order valence-electron chi connectivity index (χ2n) is 4.11. The van der Waals surface area contributed by atoms with Crippen LogP contribution >= 0.6 is 15.9 Å². The molecule has 0 unspecified atom stereocenters. The minimum Gasteiger partial charge on any atom is -0.368 e. The highest BCUT2D eigenvalue weighted by Crippen LogP contribution is 2.26. The summed E-state index contributed by atoms with van der Waals surface area (Å²) in [5, 5.41) is 14.5. The smallest absolute Gasteiger partial charge is 0.169 e. The molecule has 4 nitrogen and oxygen atoms in total. The molecule has 0 saturated carbocycles. The molecule has 0 aliphatic carbocycles. The monoisotopic (exact) mass is 352 g/mol. The van der Waals surface area contributed by atoms with Crippen LogP contribution in [-0.4, -0.2) is 11.5 Å². The number of aromatic nitrogens is 1. The Labute approximate surface area is 128 Å². The number of pyridine rings is 1. The summed E-state index contributed by atoms with van der Waals surface area (Å²) in [6.45, 7) is 2.23. The molecule has 0 spiro atoms. The van der Waals surface area contributed by atoms with E-state index in [0.717, 1.165) is 10.5 Å². The van der Waals surface area contributed by atoms with Gasteiger partial charge in [0.15, 0.2) is 23.3 Å². The number of halogens is 3. The van der Waals surface area contributed by atoms with Crippen molar-refractivity contribution >= 4 is 33.3 Å². The van der Waals surface area contributed by atoms with Gasteiger partial charge in [0, 0.05) is 17.1 Å². The molecule has 1 heterocycles. The van der Waals surface area contributed by atoms with E-state index in [1.54, 1.807) is 25.1 Å². The van der Waals surface area contributed by atoms with E-state index in [1.165, 1.54) is 0 Å². The van der Waals surface area contributed by atoms with Gasteiger partial charge in [0.25, 0.3) is 0 Å². The summed E-state index contributed by atoms with van der Waals surface area (Å²) < 4.78 is 28.0. The van der Waals surface area contributed by atoms with Gasteiger partial charge in [0.2, 0.25) is 0 Å². The number of benzene rings is 1. The zero-order valence-corrected chi connectivity index (χ0v) is 12.6. The van der Waals surface area contributed by atoms with Crippen molar-refractivity contribution in [3.8, 4) is 6.07 Å². The molecule has 2 aromatic rings. The Morgan fingerprint density at radius 3 is 2.62 bits per heavy atom. The van der Waals surface area contributed by atoms with Gasteiger partial charge in [-0.15, -0.1) is 0 Å². The second-order valence-corrected chi connectivity index (χ2v) is 5.02. The second kappa shape index (κ2) is 6.50. The number of nitriles is 1. The summed E-state index contributed by atoms with van der Waals surface area (Å²) in [4.78, 5) is 3.86. The van der Waals surface area contributed by atoms with E-state index in [1.807, 2.05) is 6.07 Å². The van der Waals surface area contributed by atoms with Crippen LogP contribution < -0.4 is 10.6 Å². The summed E-state index contributed by atoms with van der Waals surface area (Å²) >= 11 is 3.25. The summed E-state index contributed by atoms with van der Waals surface area (Å²) in [7, 11) is 0. The van der Waals surface area contributed by atoms with E-state index in [-0.39, 0.29) is 11.6 Å². The van der Waals surface area contributed by atoms with E-state index in [2.05, 4.69) is 31.5 Å². The van der Waals surface area contributed by atoms with E-state index in [0.29, 0.717) is 17.8 Å². The van der Waals surface area contributed by atoms with Crippen molar-refractivity contribution in [2.24, 2.45) is 0 Å². The first kappa shape index (κ1) is 15.2. The molecule has 108 valence electrons. The van der Waals surface area contributed by atoms with Gasteiger partial charge in [-0.2, -0.15) is 5.26 Å². The predicted octanol–water partition coefficient (Wildman–Crippen LogP) is 4.17. The van der Waals surface area contributed by atoms with Crippen LogP contribution in [0.3, 0.4) is 0 Å². The highest BCUT2D eigenvalue weighted by atomic mass is 79.9. The van der Waals surface area contributed by atoms with Crippen molar-refractivity contribution in [2.75, 3.05) is 17.2 Å². The Bertz CT molecular complexity index is 713. The number of nitrogens with one attached hydrogen (secondary N) is 2. The van der Waals surface area contributed by atoms with Crippen molar-refractivity contribution < 1.29 is 8.78 Å². The molecule has 2 N–H and O–H groups in total. The third-order valence-electron chi connectivity index (χ3n) is 2.63. The Kier molecular flexibility index (Phi) is 4.70. The van der Waals surface area contributed by atoms with Crippen molar-refractivity contribution in [1.29, 1.82) is 5.26 Å². The number of nitrogens with zero attached hydrogens (tertiary/aromatic N) is 2. The highest BCUT2D eigenvalue weighted by Gasteiger charge is 2.13. The lowest BCUT2D eigenvalue weighted by Gasteiger charge is -2.11. The third-order valence-corrected chi connectivity index (χ3v) is 3.12. The van der Waals surface area contributed by atoms with Crippen LogP contribution in [0.5, 0.6) is 0 Å². The van der Waals surface area contributed by atoms with Crippen LogP contribution in [-0.2, 0) is 0 Å². The van der Waals surface area contributed by atoms with Crippen LogP contribution in [0.25, 0.3) is 0 Å². The van der Waals surface area contributed by atoms with Gasteiger partial charge in [-0.05, 0) is 25.1 Å². The Balaban J connectivity index is 2.40. The average Bonchev–Trinajstić information content (AvgIpc) is 2.45. The molecule has 0 aliphatic heterocycles. The zero-order chi connectivity index (χ0) is 15.4. The third kappa shape index (κ3) is 3.47. The molecule has 0 aliphatic rings. The van der Waals surface area contributed by atoms with Gasteiger partial charge in [-0.25, -0.2) is 13.8 Å². The normalized spacial score (nSPS) is 10.0. The van der Waals surface area contributed by atoms with Crippen LogP contribution in [0, 0.1) is 23.0 Å². The minimum absolute atomic E-state index is 0.0444. The molecular weight excluding hydrogens is 342 g/mol. The maximum atomic E-state index is 13.8. The molecule has 0 atom stereocenters. The molecule has 1 aromatic heterocycles. The maximum absolute atomic E-state index is 13.8. The topological polar surface area (TPSA) is 60.7 Å². The first-order valence-electron chi connectivity index (χ1n) is 6.11. The molecule has 0 bridgehead atoms. The number of anilines is 3. The van der Waals surface area contributed by atoms with Gasteiger partial charge in [0.1, 0.15) is 6.07 Å². The first-order chi connectivity index (χ1) is 10.0. The Morgan fingerprint density at radius 1 is 1.24 bits per heavy atom. The molecule has 0 amide bonds. The van der Waals surface area contributed by atoms with E-state index in [4.69, 9.17) is 5.26 Å². The van der Waals surface area contributed by atoms with Gasteiger partial charge < -0.3 is 10.6 Å². The van der Waals surface area contributed by atoms with E-state index in [9.17, 15) is 8.78 Å². The van der Waals surface area contributed by atoms with Gasteiger partial charge in [-0.3, -0.25) is 0 Å². The lowest BCUT2D eigenvalue weighted by Crippen LogP contribution is -2.07. The molecule has 2 rings (SSSR count). The van der Waals surface area contributed by atoms with Crippen LogP contribution in [0.4, 0.5) is 26.1 Å². The average molecular weight is 353 g/mol. The van der Waals surface area contributed by atoms with Gasteiger partial charge >= 0.3 is 0 Å². The molecule has 0 fully saturated rings. The lowest BCUT2D eigenvalue weighted by atomic mass is 10.2. The minimum atomic E-state index is -0.832. The molecule has 7 heteroatoms. The summed E-state index contributed by atoms with van der Waals surface area (Å²) in [5.74, 6) is -1.79. The summed E-state index contributed by atoms with van der Waals surface area (Å²) in [6.07, 6.45) is 0. The van der Waals surface area contributed by atoms with E-state index >= 15 is 0 Å². The molecule has 0 saturated heterocycles. The number of hydrogen-bond donors (Lipinski definition) is 2. The molecule has 21 heavy (non-hydrogen) atoms. The Hall–Kier alpha value is -2.20. The largest absolute Gasteiger partial charge is 0.368 e. The molecule has 1 aromatic carbocycles. The fourth-order valence-corrected chi connectivity index (χ4v) is 2.05. The molecular formula is C14H11BrF2N4.